The van der Waals surface area contributed by atoms with E-state index in [1.165, 1.54) is 6.07 Å². The Hall–Kier alpha value is -0.970. The smallest absolute Gasteiger partial charge is 0.127 e. The van der Waals surface area contributed by atoms with Crippen LogP contribution in [0.25, 0.3) is 0 Å². The molecule has 106 valence electrons. The van der Waals surface area contributed by atoms with E-state index in [1.807, 2.05) is 26.1 Å². The van der Waals surface area contributed by atoms with E-state index < -0.39 is 0 Å². The van der Waals surface area contributed by atoms with Gasteiger partial charge in [0.25, 0.3) is 0 Å². The molecule has 0 bridgehead atoms. The van der Waals surface area contributed by atoms with Crippen LogP contribution in [-0.4, -0.2) is 37.7 Å². The van der Waals surface area contributed by atoms with Crippen LogP contribution >= 0.6 is 0 Å². The quantitative estimate of drug-likeness (QED) is 0.908. The van der Waals surface area contributed by atoms with Gasteiger partial charge in [0.1, 0.15) is 5.82 Å². The molecule has 0 spiro atoms. The Morgan fingerprint density at radius 2 is 2.21 bits per heavy atom. The second-order valence-corrected chi connectivity index (χ2v) is 5.89. The number of hydrogen-bond acceptors (Lipinski definition) is 3. The Balaban J connectivity index is 2.08. The minimum absolute atomic E-state index is 0.0193. The van der Waals surface area contributed by atoms with E-state index in [4.69, 9.17) is 10.5 Å². The summed E-state index contributed by atoms with van der Waals surface area (Å²) in [5, 5.41) is 0. The van der Waals surface area contributed by atoms with E-state index >= 15 is 0 Å². The number of hydrogen-bond donors (Lipinski definition) is 1. The van der Waals surface area contributed by atoms with Crippen LogP contribution in [0.4, 0.5) is 4.39 Å². The molecular formula is C15H23FN2O. The molecule has 1 aromatic rings. The van der Waals surface area contributed by atoms with Crippen molar-refractivity contribution >= 4 is 0 Å². The van der Waals surface area contributed by atoms with Crippen LogP contribution in [0.5, 0.6) is 0 Å². The zero-order valence-corrected chi connectivity index (χ0v) is 11.9. The lowest BCUT2D eigenvalue weighted by Crippen LogP contribution is -2.46. The molecule has 0 aromatic heterocycles. The van der Waals surface area contributed by atoms with E-state index in [1.54, 1.807) is 6.07 Å². The zero-order valence-electron chi connectivity index (χ0n) is 11.9. The van der Waals surface area contributed by atoms with E-state index in [-0.39, 0.29) is 23.3 Å². The molecule has 1 aromatic carbocycles. The van der Waals surface area contributed by atoms with Crippen molar-refractivity contribution in [2.75, 3.05) is 26.8 Å². The van der Waals surface area contributed by atoms with Crippen molar-refractivity contribution in [3.8, 4) is 0 Å². The molecule has 0 saturated carbocycles. The third-order valence-electron chi connectivity index (χ3n) is 4.25. The van der Waals surface area contributed by atoms with E-state index in [0.717, 1.165) is 12.1 Å². The van der Waals surface area contributed by atoms with Gasteiger partial charge in [0, 0.05) is 29.6 Å². The number of ether oxygens (including phenoxy) is 1. The molecule has 1 aliphatic heterocycles. The zero-order chi connectivity index (χ0) is 14.0. The summed E-state index contributed by atoms with van der Waals surface area (Å²) in [5.74, 6) is -0.154. The Morgan fingerprint density at radius 1 is 1.53 bits per heavy atom. The Labute approximate surface area is 114 Å². The Bertz CT molecular complexity index is 440. The molecule has 2 rings (SSSR count). The first-order valence-corrected chi connectivity index (χ1v) is 6.72. The van der Waals surface area contributed by atoms with E-state index in [9.17, 15) is 4.39 Å². The third-order valence-corrected chi connectivity index (χ3v) is 4.25. The number of benzene rings is 1. The number of nitrogens with zero attached hydrogens (tertiary/aromatic N) is 1. The SMILES string of the molecule is CC(c1ccccc1F)N(C)CC1(C)COCC1N. The number of halogens is 1. The molecule has 1 aliphatic rings. The Morgan fingerprint density at radius 3 is 2.79 bits per heavy atom. The van der Waals surface area contributed by atoms with Gasteiger partial charge in [0.2, 0.25) is 0 Å². The van der Waals surface area contributed by atoms with Crippen LogP contribution in [0.15, 0.2) is 24.3 Å². The van der Waals surface area contributed by atoms with Gasteiger partial charge >= 0.3 is 0 Å². The lowest BCUT2D eigenvalue weighted by atomic mass is 9.85. The average Bonchev–Trinajstić information content (AvgIpc) is 2.69. The second kappa shape index (κ2) is 5.57. The minimum atomic E-state index is -0.154. The van der Waals surface area contributed by atoms with Crippen LogP contribution in [0.3, 0.4) is 0 Å². The van der Waals surface area contributed by atoms with Crippen LogP contribution in [0.1, 0.15) is 25.5 Å². The van der Waals surface area contributed by atoms with Gasteiger partial charge in [-0.25, -0.2) is 4.39 Å². The van der Waals surface area contributed by atoms with Crippen LogP contribution in [0.2, 0.25) is 0 Å². The lowest BCUT2D eigenvalue weighted by Gasteiger charge is -2.35. The molecule has 0 radical (unpaired) electrons. The summed E-state index contributed by atoms with van der Waals surface area (Å²) in [6.45, 7) is 6.23. The molecular weight excluding hydrogens is 243 g/mol. The minimum Gasteiger partial charge on any atom is -0.379 e. The van der Waals surface area contributed by atoms with Crippen molar-refractivity contribution in [1.29, 1.82) is 0 Å². The monoisotopic (exact) mass is 266 g/mol. The van der Waals surface area contributed by atoms with Crippen LogP contribution < -0.4 is 5.73 Å². The molecule has 3 nitrogen and oxygen atoms in total. The molecule has 2 N–H and O–H groups in total. The van der Waals surface area contributed by atoms with Crippen molar-refractivity contribution in [2.24, 2.45) is 11.1 Å². The predicted molar refractivity (Wildman–Crippen MR) is 74.3 cm³/mol. The van der Waals surface area contributed by atoms with Crippen LogP contribution in [0, 0.1) is 11.2 Å². The van der Waals surface area contributed by atoms with Crippen molar-refractivity contribution in [2.45, 2.75) is 25.9 Å². The van der Waals surface area contributed by atoms with Gasteiger partial charge in [-0.3, -0.25) is 4.90 Å². The highest BCUT2D eigenvalue weighted by Gasteiger charge is 2.39. The van der Waals surface area contributed by atoms with Crippen molar-refractivity contribution in [3.63, 3.8) is 0 Å². The number of rotatable bonds is 4. The molecule has 3 unspecified atom stereocenters. The van der Waals surface area contributed by atoms with Crippen molar-refractivity contribution < 1.29 is 9.13 Å². The third kappa shape index (κ3) is 2.96. The summed E-state index contributed by atoms with van der Waals surface area (Å²) >= 11 is 0. The maximum absolute atomic E-state index is 13.8. The fraction of sp³-hybridized carbons (Fsp3) is 0.600. The topological polar surface area (TPSA) is 38.5 Å². The molecule has 19 heavy (non-hydrogen) atoms. The largest absolute Gasteiger partial charge is 0.379 e. The van der Waals surface area contributed by atoms with Gasteiger partial charge in [-0.15, -0.1) is 0 Å². The first-order valence-electron chi connectivity index (χ1n) is 6.72. The summed E-state index contributed by atoms with van der Waals surface area (Å²) in [6, 6.07) is 6.99. The van der Waals surface area contributed by atoms with Gasteiger partial charge in [-0.2, -0.15) is 0 Å². The molecule has 0 amide bonds. The van der Waals surface area contributed by atoms with E-state index in [0.29, 0.717) is 13.2 Å². The van der Waals surface area contributed by atoms with Gasteiger partial charge in [-0.1, -0.05) is 25.1 Å². The van der Waals surface area contributed by atoms with E-state index in [2.05, 4.69) is 11.8 Å². The van der Waals surface area contributed by atoms with Crippen molar-refractivity contribution in [3.05, 3.63) is 35.6 Å². The summed E-state index contributed by atoms with van der Waals surface area (Å²) < 4.78 is 19.3. The number of nitrogens with two attached hydrogens (primary N) is 1. The fourth-order valence-electron chi connectivity index (χ4n) is 2.65. The summed E-state index contributed by atoms with van der Waals surface area (Å²) in [4.78, 5) is 2.15. The van der Waals surface area contributed by atoms with Gasteiger partial charge in [-0.05, 0) is 20.0 Å². The summed E-state index contributed by atoms with van der Waals surface area (Å²) in [5.41, 5.74) is 6.77. The average molecular weight is 266 g/mol. The van der Waals surface area contributed by atoms with Gasteiger partial charge in [0.15, 0.2) is 0 Å². The highest BCUT2D eigenvalue weighted by molar-refractivity contribution is 5.20. The Kier molecular flexibility index (Phi) is 4.23. The summed E-state index contributed by atoms with van der Waals surface area (Å²) in [7, 11) is 2.01. The maximum atomic E-state index is 13.8. The highest BCUT2D eigenvalue weighted by Crippen LogP contribution is 2.31. The predicted octanol–water partition coefficient (Wildman–Crippen LogP) is 2.18. The molecule has 0 aliphatic carbocycles. The lowest BCUT2D eigenvalue weighted by molar-refractivity contribution is 0.113. The van der Waals surface area contributed by atoms with Gasteiger partial charge < -0.3 is 10.5 Å². The van der Waals surface area contributed by atoms with Gasteiger partial charge in [0.05, 0.1) is 13.2 Å². The first-order chi connectivity index (χ1) is 8.94. The normalized spacial score (nSPS) is 28.8. The first kappa shape index (κ1) is 14.4. The standard InChI is InChI=1S/C15H23FN2O/c1-11(12-6-4-5-7-13(12)16)18(3)9-15(2)10-19-8-14(15)17/h4-7,11,14H,8-10,17H2,1-3H3. The van der Waals surface area contributed by atoms with Crippen LogP contribution in [-0.2, 0) is 4.74 Å². The molecule has 1 heterocycles. The molecule has 3 atom stereocenters. The van der Waals surface area contributed by atoms with Crippen molar-refractivity contribution in [1.82, 2.24) is 4.90 Å². The highest BCUT2D eigenvalue weighted by atomic mass is 19.1. The molecule has 4 heteroatoms. The molecule has 1 saturated heterocycles. The maximum Gasteiger partial charge on any atom is 0.127 e. The molecule has 1 fully saturated rings. The summed E-state index contributed by atoms with van der Waals surface area (Å²) in [6.07, 6.45) is 0. The second-order valence-electron chi connectivity index (χ2n) is 5.89. The fourth-order valence-corrected chi connectivity index (χ4v) is 2.65.